The van der Waals surface area contributed by atoms with Gasteiger partial charge in [-0.05, 0) is 55.6 Å². The normalized spacial score (nSPS) is 25.9. The van der Waals surface area contributed by atoms with Crippen molar-refractivity contribution in [3.05, 3.63) is 29.3 Å². The molecule has 158 valence electrons. The van der Waals surface area contributed by atoms with E-state index in [-0.39, 0.29) is 18.7 Å². The second-order valence-corrected chi connectivity index (χ2v) is 9.10. The molecule has 4 aliphatic rings. The van der Waals surface area contributed by atoms with Gasteiger partial charge < -0.3 is 10.6 Å². The molecule has 3 aliphatic heterocycles. The summed E-state index contributed by atoms with van der Waals surface area (Å²) in [6.45, 7) is 3.03. The van der Waals surface area contributed by atoms with E-state index in [4.69, 9.17) is 0 Å². The third-order valence-electron chi connectivity index (χ3n) is 7.22. The molecule has 30 heavy (non-hydrogen) atoms. The molecule has 1 unspecified atom stereocenters. The average molecular weight is 410 g/mol. The Hall–Kier alpha value is -2.74. The number of piperidine rings is 1. The van der Waals surface area contributed by atoms with Crippen LogP contribution in [0.25, 0.3) is 0 Å². The van der Waals surface area contributed by atoms with Gasteiger partial charge in [0.25, 0.3) is 11.8 Å². The summed E-state index contributed by atoms with van der Waals surface area (Å²) in [4.78, 5) is 50.7. The number of hydrogen-bond donors (Lipinski definition) is 3. The van der Waals surface area contributed by atoms with Gasteiger partial charge in [-0.2, -0.15) is 0 Å². The molecule has 0 aromatic heterocycles. The molecule has 1 spiro atoms. The Kier molecular flexibility index (Phi) is 4.61. The highest BCUT2D eigenvalue weighted by Gasteiger charge is 2.46. The van der Waals surface area contributed by atoms with Gasteiger partial charge in [-0.25, -0.2) is 0 Å². The molecule has 1 atom stereocenters. The summed E-state index contributed by atoms with van der Waals surface area (Å²) in [7, 11) is 0. The molecule has 4 amide bonds. The molecule has 5 rings (SSSR count). The zero-order valence-electron chi connectivity index (χ0n) is 16.8. The largest absolute Gasteiger partial charge is 0.384 e. The molecule has 8 nitrogen and oxygen atoms in total. The number of carbonyl (C=O) groups excluding carboxylic acids is 4. The Bertz CT molecular complexity index is 929. The predicted octanol–water partition coefficient (Wildman–Crippen LogP) is 1.28. The van der Waals surface area contributed by atoms with Crippen molar-refractivity contribution < 1.29 is 19.2 Å². The topological polar surface area (TPSA) is 108 Å². The minimum absolute atomic E-state index is 0.119. The highest BCUT2D eigenvalue weighted by molar-refractivity contribution is 6.25. The van der Waals surface area contributed by atoms with E-state index in [0.717, 1.165) is 24.5 Å². The van der Waals surface area contributed by atoms with Crippen molar-refractivity contribution in [1.82, 2.24) is 15.5 Å². The van der Waals surface area contributed by atoms with Crippen LogP contribution in [-0.4, -0.2) is 54.2 Å². The number of hydrogen-bond acceptors (Lipinski definition) is 6. The number of rotatable bonds is 4. The fourth-order valence-corrected chi connectivity index (χ4v) is 5.24. The summed E-state index contributed by atoms with van der Waals surface area (Å²) >= 11 is 0. The monoisotopic (exact) mass is 410 g/mol. The summed E-state index contributed by atoms with van der Waals surface area (Å²) in [5.41, 5.74) is 1.81. The van der Waals surface area contributed by atoms with Crippen LogP contribution in [0.3, 0.4) is 0 Å². The van der Waals surface area contributed by atoms with E-state index >= 15 is 0 Å². The van der Waals surface area contributed by atoms with E-state index in [0.29, 0.717) is 28.1 Å². The second kappa shape index (κ2) is 7.19. The van der Waals surface area contributed by atoms with Crippen molar-refractivity contribution in [2.45, 2.75) is 44.6 Å². The van der Waals surface area contributed by atoms with Gasteiger partial charge in [0.15, 0.2) is 0 Å². The molecule has 0 radical (unpaired) electrons. The van der Waals surface area contributed by atoms with Crippen LogP contribution < -0.4 is 16.0 Å². The first-order valence-electron chi connectivity index (χ1n) is 10.8. The second-order valence-electron chi connectivity index (χ2n) is 9.10. The van der Waals surface area contributed by atoms with Gasteiger partial charge in [-0.1, -0.05) is 6.07 Å². The Labute approximate surface area is 174 Å². The van der Waals surface area contributed by atoms with E-state index in [1.807, 2.05) is 6.07 Å². The van der Waals surface area contributed by atoms with Crippen molar-refractivity contribution >= 4 is 29.3 Å². The highest BCUT2D eigenvalue weighted by atomic mass is 16.2. The van der Waals surface area contributed by atoms with E-state index < -0.39 is 23.8 Å². The number of anilines is 1. The van der Waals surface area contributed by atoms with Gasteiger partial charge in [0, 0.05) is 31.7 Å². The number of imide groups is 2. The first-order valence-corrected chi connectivity index (χ1v) is 10.8. The van der Waals surface area contributed by atoms with Crippen LogP contribution >= 0.6 is 0 Å². The molecular formula is C22H26N4O4. The first-order chi connectivity index (χ1) is 14.5. The molecule has 1 saturated carbocycles. The molecule has 0 bridgehead atoms. The number of carbonyl (C=O) groups is 4. The van der Waals surface area contributed by atoms with E-state index in [1.54, 1.807) is 12.1 Å². The molecule has 3 heterocycles. The Balaban J connectivity index is 1.30. The van der Waals surface area contributed by atoms with E-state index in [9.17, 15) is 19.2 Å². The van der Waals surface area contributed by atoms with Crippen LogP contribution in [0.5, 0.6) is 0 Å². The lowest BCUT2D eigenvalue weighted by atomic mass is 9.67. The van der Waals surface area contributed by atoms with Crippen molar-refractivity contribution in [1.29, 1.82) is 0 Å². The van der Waals surface area contributed by atoms with E-state index in [2.05, 4.69) is 16.0 Å². The first kappa shape index (κ1) is 19.2. The lowest BCUT2D eigenvalue weighted by molar-refractivity contribution is -0.136. The maximum Gasteiger partial charge on any atom is 0.264 e. The van der Waals surface area contributed by atoms with Crippen LogP contribution in [0.2, 0.25) is 0 Å². The standard InChI is InChI=1S/C22H26N4O4/c27-17-5-4-16(19(28)25-17)26-20(29)14-2-1-3-15(18(14)21(26)30)24-10-13-6-8-22(9-7-13)11-23-12-22/h1-3,13,16,23-24H,4-12H2,(H,25,27,28). The van der Waals surface area contributed by atoms with Crippen LogP contribution in [0.4, 0.5) is 5.69 Å². The SMILES string of the molecule is O=C1CCC(N2C(=O)c3cccc(NCC4CCC5(CC4)CNC5)c3C2=O)C(=O)N1. The zero-order valence-corrected chi connectivity index (χ0v) is 16.8. The molecule has 8 heteroatoms. The number of amides is 4. The summed E-state index contributed by atoms with van der Waals surface area (Å²) in [5.74, 6) is -1.34. The molecule has 3 fully saturated rings. The molecule has 2 saturated heterocycles. The van der Waals surface area contributed by atoms with Gasteiger partial charge in [-0.3, -0.25) is 29.4 Å². The van der Waals surface area contributed by atoms with Crippen LogP contribution in [-0.2, 0) is 9.59 Å². The molecular weight excluding hydrogens is 384 g/mol. The number of benzene rings is 1. The summed E-state index contributed by atoms with van der Waals surface area (Å²) in [5, 5.41) is 9.01. The van der Waals surface area contributed by atoms with Gasteiger partial charge in [0.2, 0.25) is 11.8 Å². The third-order valence-corrected chi connectivity index (χ3v) is 7.22. The third kappa shape index (κ3) is 3.10. The van der Waals surface area contributed by atoms with Crippen molar-refractivity contribution in [2.75, 3.05) is 25.0 Å². The Morgan fingerprint density at radius 2 is 1.80 bits per heavy atom. The summed E-state index contributed by atoms with van der Waals surface area (Å²) < 4.78 is 0. The van der Waals surface area contributed by atoms with Crippen molar-refractivity contribution in [3.63, 3.8) is 0 Å². The van der Waals surface area contributed by atoms with Crippen LogP contribution in [0.1, 0.15) is 59.2 Å². The lowest BCUT2D eigenvalue weighted by Gasteiger charge is -2.47. The average Bonchev–Trinajstić information content (AvgIpc) is 2.97. The molecule has 1 aromatic carbocycles. The minimum atomic E-state index is -0.937. The van der Waals surface area contributed by atoms with Gasteiger partial charge in [-0.15, -0.1) is 0 Å². The smallest absolute Gasteiger partial charge is 0.264 e. The van der Waals surface area contributed by atoms with Crippen LogP contribution in [0, 0.1) is 11.3 Å². The predicted molar refractivity (Wildman–Crippen MR) is 109 cm³/mol. The van der Waals surface area contributed by atoms with Crippen molar-refractivity contribution in [2.24, 2.45) is 11.3 Å². The van der Waals surface area contributed by atoms with Crippen molar-refractivity contribution in [3.8, 4) is 0 Å². The maximum absolute atomic E-state index is 13.1. The fraction of sp³-hybridized carbons (Fsp3) is 0.545. The zero-order chi connectivity index (χ0) is 20.9. The van der Waals surface area contributed by atoms with Gasteiger partial charge in [0.05, 0.1) is 11.1 Å². The van der Waals surface area contributed by atoms with Gasteiger partial charge in [0.1, 0.15) is 6.04 Å². The summed E-state index contributed by atoms with van der Waals surface area (Å²) in [6, 6.07) is 4.27. The van der Waals surface area contributed by atoms with Gasteiger partial charge >= 0.3 is 0 Å². The minimum Gasteiger partial charge on any atom is -0.384 e. The number of nitrogens with one attached hydrogen (secondary N) is 3. The molecule has 1 aliphatic carbocycles. The highest BCUT2D eigenvalue weighted by Crippen LogP contribution is 2.42. The van der Waals surface area contributed by atoms with E-state index in [1.165, 1.54) is 25.7 Å². The van der Waals surface area contributed by atoms with Crippen LogP contribution in [0.15, 0.2) is 18.2 Å². The lowest BCUT2D eigenvalue weighted by Crippen LogP contribution is -2.55. The number of nitrogens with zero attached hydrogens (tertiary/aromatic N) is 1. The summed E-state index contributed by atoms with van der Waals surface area (Å²) in [6.07, 6.45) is 5.09. The Morgan fingerprint density at radius 1 is 1.03 bits per heavy atom. The number of fused-ring (bicyclic) bond motifs is 1. The fourth-order valence-electron chi connectivity index (χ4n) is 5.24. The maximum atomic E-state index is 13.1. The molecule has 1 aromatic rings. The quantitative estimate of drug-likeness (QED) is 0.646. The Morgan fingerprint density at radius 3 is 2.47 bits per heavy atom. The molecule has 3 N–H and O–H groups in total.